The number of hydrogen-bond donors (Lipinski definition) is 1. The second kappa shape index (κ2) is 10.9. The van der Waals surface area contributed by atoms with Crippen molar-refractivity contribution in [2.75, 3.05) is 44.3 Å². The first-order valence-electron chi connectivity index (χ1n) is 13.2. The van der Waals surface area contributed by atoms with Crippen molar-refractivity contribution in [3.63, 3.8) is 0 Å². The number of sulfonamides is 1. The summed E-state index contributed by atoms with van der Waals surface area (Å²) in [5, 5.41) is 10.1. The molecule has 1 aromatic carbocycles. The van der Waals surface area contributed by atoms with Gasteiger partial charge in [-0.15, -0.1) is 0 Å². The number of ketones is 1. The maximum atomic E-state index is 13.6. The van der Waals surface area contributed by atoms with Crippen LogP contribution >= 0.6 is 12.2 Å². The van der Waals surface area contributed by atoms with E-state index in [1.807, 2.05) is 4.90 Å². The first kappa shape index (κ1) is 29.3. The fourth-order valence-corrected chi connectivity index (χ4v) is 7.98. The van der Waals surface area contributed by atoms with E-state index in [9.17, 15) is 31.5 Å². The van der Waals surface area contributed by atoms with E-state index in [1.165, 1.54) is 34.6 Å². The third kappa shape index (κ3) is 5.51. The summed E-state index contributed by atoms with van der Waals surface area (Å²) in [4.78, 5) is 17.0. The van der Waals surface area contributed by atoms with Gasteiger partial charge in [0.1, 0.15) is 5.78 Å². The lowest BCUT2D eigenvalue weighted by atomic mass is 9.92. The summed E-state index contributed by atoms with van der Waals surface area (Å²) in [7, 11) is -3.86. The van der Waals surface area contributed by atoms with Crippen molar-refractivity contribution in [1.82, 2.24) is 9.21 Å². The molecule has 0 spiro atoms. The molecule has 2 bridgehead atoms. The molecule has 2 unspecified atom stereocenters. The molecule has 1 N–H and O–H groups in total. The number of carbonyl (C=O) groups excluding carboxylic acids is 1. The largest absolute Gasteiger partial charge is 0.421 e. The van der Waals surface area contributed by atoms with Crippen molar-refractivity contribution in [2.45, 2.75) is 56.1 Å². The van der Waals surface area contributed by atoms with Crippen LogP contribution in [0, 0.1) is 0 Å². The van der Waals surface area contributed by atoms with Crippen LogP contribution in [0.3, 0.4) is 0 Å². The van der Waals surface area contributed by atoms with Crippen LogP contribution in [0.2, 0.25) is 0 Å². The second-order valence-electron chi connectivity index (χ2n) is 10.9. The van der Waals surface area contributed by atoms with Crippen LogP contribution in [0.4, 0.5) is 18.9 Å². The van der Waals surface area contributed by atoms with Gasteiger partial charge in [0.15, 0.2) is 5.60 Å². The molecule has 0 aromatic heterocycles. The number of morpholine rings is 1. The minimum atomic E-state index is -4.84. The summed E-state index contributed by atoms with van der Waals surface area (Å²) < 4.78 is 74.6. The summed E-state index contributed by atoms with van der Waals surface area (Å²) in [5.41, 5.74) is -2.67. The molecule has 0 amide bonds. The number of anilines is 1. The zero-order chi connectivity index (χ0) is 28.9. The molecule has 3 heterocycles. The Kier molecular flexibility index (Phi) is 8.01. The smallest absolute Gasteiger partial charge is 0.378 e. The molecular formula is C27H32F3N3O5S2. The molecule has 218 valence electrons. The average Bonchev–Trinajstić information content (AvgIpc) is 2.89. The van der Waals surface area contributed by atoms with Crippen molar-refractivity contribution in [3.8, 4) is 0 Å². The van der Waals surface area contributed by atoms with Gasteiger partial charge < -0.3 is 14.7 Å². The molecule has 4 atom stereocenters. The zero-order valence-electron chi connectivity index (χ0n) is 22.0. The zero-order valence-corrected chi connectivity index (χ0v) is 23.6. The number of benzene rings is 1. The summed E-state index contributed by atoms with van der Waals surface area (Å²) in [5.74, 6) is 0.178. The predicted molar refractivity (Wildman–Crippen MR) is 147 cm³/mol. The summed E-state index contributed by atoms with van der Waals surface area (Å²) in [6, 6.07) is 4.97. The molecule has 0 radical (unpaired) electrons. The van der Waals surface area contributed by atoms with Crippen molar-refractivity contribution < 1.29 is 36.2 Å². The van der Waals surface area contributed by atoms with Gasteiger partial charge in [0.2, 0.25) is 10.0 Å². The van der Waals surface area contributed by atoms with Gasteiger partial charge in [-0.3, -0.25) is 9.69 Å². The van der Waals surface area contributed by atoms with Gasteiger partial charge in [-0.2, -0.15) is 17.5 Å². The van der Waals surface area contributed by atoms with Crippen molar-refractivity contribution in [3.05, 3.63) is 53.0 Å². The van der Waals surface area contributed by atoms with Crippen LogP contribution in [0.15, 0.2) is 47.4 Å². The number of fused-ring (bicyclic) bond motifs is 2. The van der Waals surface area contributed by atoms with Gasteiger partial charge in [0.25, 0.3) is 0 Å². The number of allylic oxidation sites excluding steroid dienone is 4. The normalized spacial score (nSPS) is 28.4. The molecule has 40 heavy (non-hydrogen) atoms. The Bertz CT molecular complexity index is 1310. The number of alkyl halides is 3. The highest BCUT2D eigenvalue weighted by molar-refractivity contribution is 7.96. The lowest BCUT2D eigenvalue weighted by Gasteiger charge is -2.50. The molecule has 8 nitrogen and oxygen atoms in total. The summed E-state index contributed by atoms with van der Waals surface area (Å²) >= 11 is 5.35. The lowest BCUT2D eigenvalue weighted by Crippen LogP contribution is -2.64. The monoisotopic (exact) mass is 599 g/mol. The number of piperidine rings is 1. The standard InChI is InChI=1S/C27H32F3N3O5S2/c1-26(35,27(28,29)30)18-6-8-19(9-7-18)32-11-10-31(40(36,37)25-5-3-2-4-24(25)39)14-22(32)15-33-20-12-23(34)13-21(33)17-38-16-20/h2-3,5-9,20-22,35H,4,10-17H2,1H3/t20?,21?,22-,26-/m1/s1. The SMILES string of the molecule is C[C@@](O)(c1ccc(N2CCN(S(=O)(=O)C3=CC=CCC3=S)C[C@@H]2CN2C3COCC2CC(=O)C3)cc1)C(F)(F)F. The van der Waals surface area contributed by atoms with Gasteiger partial charge in [0.05, 0.1) is 24.2 Å². The van der Waals surface area contributed by atoms with E-state index in [4.69, 9.17) is 17.0 Å². The van der Waals surface area contributed by atoms with E-state index < -0.39 is 21.8 Å². The van der Waals surface area contributed by atoms with Crippen LogP contribution in [0.1, 0.15) is 31.7 Å². The van der Waals surface area contributed by atoms with Crippen molar-refractivity contribution in [2.24, 2.45) is 0 Å². The Labute approximate surface area is 237 Å². The predicted octanol–water partition coefficient (Wildman–Crippen LogP) is 2.92. The highest BCUT2D eigenvalue weighted by Crippen LogP contribution is 2.39. The number of carbonyl (C=O) groups is 1. The van der Waals surface area contributed by atoms with Gasteiger partial charge in [-0.05, 0) is 30.7 Å². The average molecular weight is 600 g/mol. The number of hydrogen-bond acceptors (Lipinski definition) is 8. The van der Waals surface area contributed by atoms with Crippen molar-refractivity contribution >= 4 is 38.6 Å². The van der Waals surface area contributed by atoms with Crippen LogP contribution in [0.5, 0.6) is 0 Å². The third-order valence-corrected chi connectivity index (χ3v) is 10.7. The Morgan fingerprint density at radius 3 is 2.35 bits per heavy atom. The fraction of sp³-hybridized carbons (Fsp3) is 0.556. The van der Waals surface area contributed by atoms with E-state index in [2.05, 4.69) is 4.90 Å². The van der Waals surface area contributed by atoms with E-state index in [1.54, 1.807) is 12.2 Å². The molecule has 0 saturated carbocycles. The molecule has 5 rings (SSSR count). The highest BCUT2D eigenvalue weighted by atomic mass is 32.2. The quantitative estimate of drug-likeness (QED) is 0.500. The molecule has 1 aromatic rings. The number of ether oxygens (including phenoxy) is 1. The number of piperazine rings is 1. The Morgan fingerprint density at radius 2 is 1.75 bits per heavy atom. The minimum Gasteiger partial charge on any atom is -0.378 e. The summed E-state index contributed by atoms with van der Waals surface area (Å²) in [6.07, 6.45) is 1.26. The lowest BCUT2D eigenvalue weighted by molar-refractivity contribution is -0.258. The number of nitrogens with zero attached hydrogens (tertiary/aromatic N) is 3. The number of halogens is 3. The Hall–Kier alpha value is -2.16. The fourth-order valence-electron chi connectivity index (χ4n) is 5.91. The molecule has 13 heteroatoms. The van der Waals surface area contributed by atoms with Crippen LogP contribution in [-0.4, -0.2) is 97.1 Å². The molecule has 3 saturated heterocycles. The second-order valence-corrected chi connectivity index (χ2v) is 13.3. The van der Waals surface area contributed by atoms with Gasteiger partial charge in [-0.1, -0.05) is 36.5 Å². The van der Waals surface area contributed by atoms with Crippen LogP contribution < -0.4 is 4.90 Å². The first-order valence-corrected chi connectivity index (χ1v) is 15.1. The number of thiocarbonyl (C=S) groups is 1. The van der Waals surface area contributed by atoms with E-state index in [-0.39, 0.29) is 47.5 Å². The third-order valence-electron chi connectivity index (χ3n) is 8.24. The summed E-state index contributed by atoms with van der Waals surface area (Å²) in [6.45, 7) is 2.58. The van der Waals surface area contributed by atoms with E-state index >= 15 is 0 Å². The van der Waals surface area contributed by atoms with Crippen LogP contribution in [0.25, 0.3) is 0 Å². The van der Waals surface area contributed by atoms with Crippen molar-refractivity contribution in [1.29, 1.82) is 0 Å². The molecule has 3 fully saturated rings. The number of aliphatic hydroxyl groups is 1. The number of Topliss-reactive ketones (excluding diaryl/α,β-unsaturated/α-hetero) is 1. The Balaban J connectivity index is 1.44. The minimum absolute atomic E-state index is 0.114. The molecule has 4 aliphatic rings. The van der Waals surface area contributed by atoms with Gasteiger partial charge >= 0.3 is 6.18 Å². The van der Waals surface area contributed by atoms with E-state index in [0.717, 1.165) is 0 Å². The van der Waals surface area contributed by atoms with E-state index in [0.29, 0.717) is 63.0 Å². The first-order chi connectivity index (χ1) is 18.8. The molecule has 1 aliphatic carbocycles. The van der Waals surface area contributed by atoms with Crippen LogP contribution in [-0.2, 0) is 25.2 Å². The van der Waals surface area contributed by atoms with Gasteiger partial charge in [-0.25, -0.2) is 8.42 Å². The maximum Gasteiger partial charge on any atom is 0.421 e. The Morgan fingerprint density at radius 1 is 1.10 bits per heavy atom. The molecule has 3 aliphatic heterocycles. The topological polar surface area (TPSA) is 90.4 Å². The molecular weight excluding hydrogens is 567 g/mol. The van der Waals surface area contributed by atoms with Gasteiger partial charge in [0, 0.05) is 68.1 Å². The highest BCUT2D eigenvalue weighted by Gasteiger charge is 2.51. The maximum absolute atomic E-state index is 13.6. The number of rotatable bonds is 6.